The van der Waals surface area contributed by atoms with E-state index < -0.39 is 28.0 Å². The van der Waals surface area contributed by atoms with Gasteiger partial charge in [0.1, 0.15) is 16.6 Å². The predicted octanol–water partition coefficient (Wildman–Crippen LogP) is 3.16. The fraction of sp³-hybridized carbons (Fsp3) is 0.286. The lowest BCUT2D eigenvalue weighted by atomic mass is 9.86. The summed E-state index contributed by atoms with van der Waals surface area (Å²) in [6, 6.07) is 6.18. The number of esters is 1. The number of thioether (sulfide) groups is 1. The number of nitriles is 1. The van der Waals surface area contributed by atoms with Gasteiger partial charge in [-0.25, -0.2) is 9.37 Å². The van der Waals surface area contributed by atoms with Crippen LogP contribution in [0.25, 0.3) is 11.9 Å². The van der Waals surface area contributed by atoms with Crippen molar-refractivity contribution in [2.24, 2.45) is 16.6 Å². The number of carbonyl (C=O) groups is 1. The van der Waals surface area contributed by atoms with Gasteiger partial charge in [0, 0.05) is 23.9 Å². The van der Waals surface area contributed by atoms with Gasteiger partial charge in [-0.3, -0.25) is 14.8 Å². The van der Waals surface area contributed by atoms with Gasteiger partial charge in [0.2, 0.25) is 5.95 Å². The van der Waals surface area contributed by atoms with Crippen molar-refractivity contribution in [2.75, 3.05) is 7.11 Å². The zero-order chi connectivity index (χ0) is 22.4. The van der Waals surface area contributed by atoms with E-state index in [1.807, 2.05) is 6.07 Å². The molecular weight excluding hydrogens is 424 g/mol. The molecule has 2 aromatic rings. The number of aromatic nitrogens is 2. The van der Waals surface area contributed by atoms with Gasteiger partial charge in [-0.1, -0.05) is 11.8 Å². The van der Waals surface area contributed by atoms with Crippen LogP contribution in [0.2, 0.25) is 0 Å². The molecule has 0 aromatic carbocycles. The molecule has 3 heterocycles. The number of amidine groups is 1. The van der Waals surface area contributed by atoms with Crippen LogP contribution in [-0.2, 0) is 15.1 Å². The summed E-state index contributed by atoms with van der Waals surface area (Å²) in [5, 5.41) is 8.97. The molecule has 0 amide bonds. The molecule has 2 aliphatic rings. The van der Waals surface area contributed by atoms with Gasteiger partial charge < -0.3 is 10.5 Å². The second-order valence-corrected chi connectivity index (χ2v) is 8.83. The lowest BCUT2D eigenvalue weighted by Crippen LogP contribution is -2.40. The summed E-state index contributed by atoms with van der Waals surface area (Å²) < 4.78 is 33.4. The normalized spacial score (nSPS) is 27.0. The third-order valence-electron chi connectivity index (χ3n) is 5.58. The number of carbonyl (C=O) groups excluding carboxylic acids is 1. The van der Waals surface area contributed by atoms with Gasteiger partial charge in [-0.15, -0.1) is 0 Å². The summed E-state index contributed by atoms with van der Waals surface area (Å²) >= 11 is 1.12. The van der Waals surface area contributed by atoms with Crippen molar-refractivity contribution in [3.63, 3.8) is 0 Å². The molecule has 158 valence electrons. The molecule has 0 radical (unpaired) electrons. The van der Waals surface area contributed by atoms with E-state index >= 15 is 0 Å². The molecule has 2 N–H and O–H groups in total. The van der Waals surface area contributed by atoms with Crippen LogP contribution in [-0.4, -0.2) is 33.0 Å². The number of aliphatic imine (C=N–C) groups is 1. The Bertz CT molecular complexity index is 1180. The molecule has 1 aliphatic carbocycles. The van der Waals surface area contributed by atoms with Crippen molar-refractivity contribution in [3.05, 3.63) is 58.9 Å². The number of hydrogen-bond acceptors (Lipinski definition) is 8. The standard InChI is InChI=1S/C21H17F2N5O2S/c1-20(16-7-21(16,18(29)30-2)31-19(25)28-20)13-5-12(10-27-17(13)23)6-14(22)15-4-3-11(8-24)9-26-15/h3-6,9-10,16H,7H2,1-2H3,(H2,25,28)/b14-6-/t16?,20-,21+/m1/s1. The van der Waals surface area contributed by atoms with Crippen LogP contribution in [0.3, 0.4) is 0 Å². The SMILES string of the molecule is COC(=O)[C@]12CC1[C@@](C)(c1cc(/C=C(\F)c3ccc(C#N)cn3)cnc1F)N=C(N)S2. The number of methoxy groups -OCH3 is 1. The molecule has 3 atom stereocenters. The van der Waals surface area contributed by atoms with Crippen molar-refractivity contribution in [3.8, 4) is 6.07 Å². The minimum absolute atomic E-state index is 0.0271. The van der Waals surface area contributed by atoms with E-state index in [4.69, 9.17) is 15.7 Å². The molecule has 0 spiro atoms. The Morgan fingerprint density at radius 3 is 2.84 bits per heavy atom. The van der Waals surface area contributed by atoms with Gasteiger partial charge in [0.05, 0.1) is 23.9 Å². The average Bonchev–Trinajstić information content (AvgIpc) is 3.51. The molecule has 1 saturated carbocycles. The summed E-state index contributed by atoms with van der Waals surface area (Å²) in [4.78, 5) is 24.5. The lowest BCUT2D eigenvalue weighted by Gasteiger charge is -2.33. The molecule has 10 heteroatoms. The first kappa shape index (κ1) is 20.9. The van der Waals surface area contributed by atoms with Crippen LogP contribution in [0.15, 0.2) is 35.6 Å². The molecule has 0 saturated heterocycles. The summed E-state index contributed by atoms with van der Waals surface area (Å²) in [6.07, 6.45) is 4.04. The highest BCUT2D eigenvalue weighted by Gasteiger charge is 2.71. The molecule has 1 fully saturated rings. The quantitative estimate of drug-likeness (QED) is 0.572. The number of nitrogens with two attached hydrogens (primary N) is 1. The number of fused-ring (bicyclic) bond motifs is 1. The van der Waals surface area contributed by atoms with Crippen LogP contribution in [0.1, 0.15) is 35.7 Å². The predicted molar refractivity (Wildman–Crippen MR) is 112 cm³/mol. The highest BCUT2D eigenvalue weighted by Crippen LogP contribution is 2.66. The third kappa shape index (κ3) is 3.45. The van der Waals surface area contributed by atoms with Crippen molar-refractivity contribution in [1.29, 1.82) is 5.26 Å². The van der Waals surface area contributed by atoms with E-state index in [1.54, 1.807) is 6.92 Å². The fourth-order valence-corrected chi connectivity index (χ4v) is 5.33. The fourth-order valence-electron chi connectivity index (χ4n) is 3.93. The topological polar surface area (TPSA) is 114 Å². The Morgan fingerprint density at radius 1 is 1.42 bits per heavy atom. The Labute approximate surface area is 181 Å². The third-order valence-corrected chi connectivity index (χ3v) is 6.87. The van der Waals surface area contributed by atoms with Crippen molar-refractivity contribution in [2.45, 2.75) is 23.6 Å². The number of pyridine rings is 2. The number of rotatable bonds is 4. The van der Waals surface area contributed by atoms with Gasteiger partial charge in [0.25, 0.3) is 0 Å². The minimum Gasteiger partial charge on any atom is -0.468 e. The highest BCUT2D eigenvalue weighted by atomic mass is 32.2. The van der Waals surface area contributed by atoms with E-state index in [9.17, 15) is 13.6 Å². The Morgan fingerprint density at radius 2 is 2.19 bits per heavy atom. The van der Waals surface area contributed by atoms with Crippen LogP contribution in [0.4, 0.5) is 8.78 Å². The Balaban J connectivity index is 1.72. The first-order chi connectivity index (χ1) is 14.7. The van der Waals surface area contributed by atoms with E-state index in [0.717, 1.165) is 11.8 Å². The minimum atomic E-state index is -1.16. The molecule has 2 aromatic heterocycles. The molecule has 4 rings (SSSR count). The second kappa shape index (κ2) is 7.42. The number of nitrogens with zero attached hydrogens (tertiary/aromatic N) is 4. The molecule has 1 unspecified atom stereocenters. The van der Waals surface area contributed by atoms with Crippen molar-refractivity contribution in [1.82, 2.24) is 9.97 Å². The Kier molecular flexibility index (Phi) is 5.01. The van der Waals surface area contributed by atoms with Crippen LogP contribution in [0.5, 0.6) is 0 Å². The average molecular weight is 441 g/mol. The highest BCUT2D eigenvalue weighted by molar-refractivity contribution is 8.15. The van der Waals surface area contributed by atoms with Crippen LogP contribution in [0, 0.1) is 23.2 Å². The number of ether oxygens (including phenoxy) is 1. The summed E-state index contributed by atoms with van der Waals surface area (Å²) in [7, 11) is 1.29. The maximum Gasteiger partial charge on any atom is 0.322 e. The van der Waals surface area contributed by atoms with E-state index in [-0.39, 0.29) is 27.9 Å². The van der Waals surface area contributed by atoms with Gasteiger partial charge in [-0.05, 0) is 43.2 Å². The van der Waals surface area contributed by atoms with Gasteiger partial charge in [0.15, 0.2) is 5.17 Å². The van der Waals surface area contributed by atoms with Crippen molar-refractivity contribution < 1.29 is 18.3 Å². The molecule has 1 aliphatic heterocycles. The second-order valence-electron chi connectivity index (χ2n) is 7.48. The molecule has 31 heavy (non-hydrogen) atoms. The monoisotopic (exact) mass is 441 g/mol. The number of halogens is 2. The summed E-state index contributed by atoms with van der Waals surface area (Å²) in [5.74, 6) is -2.23. The summed E-state index contributed by atoms with van der Waals surface area (Å²) in [5.41, 5.74) is 5.54. The van der Waals surface area contributed by atoms with Crippen LogP contribution >= 0.6 is 11.8 Å². The van der Waals surface area contributed by atoms with Gasteiger partial charge >= 0.3 is 5.97 Å². The molecule has 0 bridgehead atoms. The summed E-state index contributed by atoms with van der Waals surface area (Å²) in [6.45, 7) is 1.68. The zero-order valence-electron chi connectivity index (χ0n) is 16.6. The zero-order valence-corrected chi connectivity index (χ0v) is 17.4. The maximum absolute atomic E-state index is 14.8. The van der Waals surface area contributed by atoms with E-state index in [1.165, 1.54) is 43.8 Å². The Hall–Kier alpha value is -3.32. The maximum atomic E-state index is 14.8. The number of hydrogen-bond donors (Lipinski definition) is 1. The molecule has 7 nitrogen and oxygen atoms in total. The lowest BCUT2D eigenvalue weighted by molar-refractivity contribution is -0.141. The van der Waals surface area contributed by atoms with Crippen LogP contribution < -0.4 is 5.73 Å². The smallest absolute Gasteiger partial charge is 0.322 e. The largest absolute Gasteiger partial charge is 0.468 e. The first-order valence-electron chi connectivity index (χ1n) is 9.26. The van der Waals surface area contributed by atoms with E-state index in [2.05, 4.69) is 15.0 Å². The first-order valence-corrected chi connectivity index (χ1v) is 10.1. The van der Waals surface area contributed by atoms with Gasteiger partial charge in [-0.2, -0.15) is 9.65 Å². The van der Waals surface area contributed by atoms with E-state index in [0.29, 0.717) is 12.0 Å². The van der Waals surface area contributed by atoms with Crippen molar-refractivity contribution >= 4 is 34.8 Å². The molecular formula is C21H17F2N5O2S.